The molecule has 0 heterocycles. The van der Waals surface area contributed by atoms with Crippen LogP contribution in [0.4, 0.5) is 74.6 Å². The fraction of sp³-hybridized carbons (Fsp3) is 0.647. The summed E-state index contributed by atoms with van der Waals surface area (Å²) in [7, 11) is 0. The van der Waals surface area contributed by atoms with E-state index in [1.165, 1.54) is 0 Å². The molecule has 0 radical (unpaired) electrons. The first-order chi connectivity index (χ1) is 16.5. The molecule has 0 unspecified atom stereocenters. The standard InChI is InChI=1S/C17H11F17O4/c1-3-6(8(35)36)5-7(4-2)9(37)38-17(33,34)15(28,29)13(24,25)11(20,21)10(18,19)12(22,23)14(26,27)16(30,31)32/h4-5H,3H2,1-2H3,(H,35,36). The van der Waals surface area contributed by atoms with Crippen molar-refractivity contribution in [3.05, 3.63) is 23.3 Å². The Morgan fingerprint density at radius 1 is 0.658 bits per heavy atom. The number of allylic oxidation sites excluding steroid dienone is 1. The van der Waals surface area contributed by atoms with Gasteiger partial charge in [-0.1, -0.05) is 13.0 Å². The third kappa shape index (κ3) is 5.23. The van der Waals surface area contributed by atoms with Crippen LogP contribution in [-0.2, 0) is 14.3 Å². The van der Waals surface area contributed by atoms with Crippen LogP contribution < -0.4 is 0 Å². The van der Waals surface area contributed by atoms with E-state index in [2.05, 4.69) is 4.74 Å². The van der Waals surface area contributed by atoms with Gasteiger partial charge >= 0.3 is 59.8 Å². The van der Waals surface area contributed by atoms with Crippen molar-refractivity contribution in [1.82, 2.24) is 0 Å². The van der Waals surface area contributed by atoms with E-state index in [0.717, 1.165) is 6.92 Å². The number of aliphatic carboxylic acids is 1. The van der Waals surface area contributed by atoms with Gasteiger partial charge in [-0.15, -0.1) is 0 Å². The summed E-state index contributed by atoms with van der Waals surface area (Å²) in [5.74, 6) is -56.2. The third-order valence-corrected chi connectivity index (χ3v) is 4.45. The number of hydrogen-bond donors (Lipinski definition) is 1. The van der Waals surface area contributed by atoms with E-state index < -0.39 is 77.3 Å². The van der Waals surface area contributed by atoms with Crippen LogP contribution in [-0.4, -0.2) is 64.9 Å². The molecule has 0 aliphatic heterocycles. The van der Waals surface area contributed by atoms with Gasteiger partial charge in [-0.2, -0.15) is 74.6 Å². The highest BCUT2D eigenvalue weighted by molar-refractivity contribution is 5.95. The number of carbonyl (C=O) groups is 2. The topological polar surface area (TPSA) is 63.6 Å². The van der Waals surface area contributed by atoms with Gasteiger partial charge in [0.1, 0.15) is 0 Å². The van der Waals surface area contributed by atoms with Crippen molar-refractivity contribution in [3.8, 4) is 0 Å². The minimum atomic E-state index is -8.82. The number of hydrogen-bond acceptors (Lipinski definition) is 3. The molecule has 0 aromatic heterocycles. The summed E-state index contributed by atoms with van der Waals surface area (Å²) in [4.78, 5) is 22.5. The number of carboxylic acids is 1. The number of carboxylic acid groups (broad SMARTS) is 1. The van der Waals surface area contributed by atoms with E-state index in [9.17, 15) is 84.2 Å². The van der Waals surface area contributed by atoms with Gasteiger partial charge in [0.15, 0.2) is 0 Å². The van der Waals surface area contributed by atoms with E-state index >= 15 is 0 Å². The molecule has 0 atom stereocenters. The molecular formula is C17H11F17O4. The Morgan fingerprint density at radius 2 is 1.00 bits per heavy atom. The van der Waals surface area contributed by atoms with Crippen molar-refractivity contribution in [2.75, 3.05) is 0 Å². The van der Waals surface area contributed by atoms with E-state index in [0.29, 0.717) is 13.0 Å². The van der Waals surface area contributed by atoms with E-state index in [4.69, 9.17) is 5.11 Å². The lowest BCUT2D eigenvalue weighted by molar-refractivity contribution is -0.473. The molecule has 21 heteroatoms. The Bertz CT molecular complexity index is 975. The second-order valence-corrected chi connectivity index (χ2v) is 6.92. The van der Waals surface area contributed by atoms with Crippen LogP contribution in [0.1, 0.15) is 20.3 Å². The van der Waals surface area contributed by atoms with Gasteiger partial charge in [0.05, 0.1) is 5.57 Å². The average Bonchev–Trinajstić information content (AvgIpc) is 2.72. The van der Waals surface area contributed by atoms with Crippen molar-refractivity contribution in [2.45, 2.75) is 68.1 Å². The number of ether oxygens (including phenoxy) is 1. The Balaban J connectivity index is 6.72. The average molecular weight is 602 g/mol. The summed E-state index contributed by atoms with van der Waals surface area (Å²) in [6.07, 6.45) is -15.4. The fourth-order valence-electron chi connectivity index (χ4n) is 2.15. The molecule has 0 aromatic rings. The van der Waals surface area contributed by atoms with Gasteiger partial charge in [-0.25, -0.2) is 9.59 Å². The number of alkyl halides is 17. The molecule has 4 nitrogen and oxygen atoms in total. The predicted molar refractivity (Wildman–Crippen MR) is 86.5 cm³/mol. The molecule has 38 heavy (non-hydrogen) atoms. The van der Waals surface area contributed by atoms with Gasteiger partial charge in [0.2, 0.25) is 0 Å². The zero-order valence-electron chi connectivity index (χ0n) is 18.0. The number of halogens is 17. The molecular weight excluding hydrogens is 591 g/mol. The van der Waals surface area contributed by atoms with Crippen molar-refractivity contribution in [2.24, 2.45) is 0 Å². The van der Waals surface area contributed by atoms with Crippen LogP contribution in [0.3, 0.4) is 0 Å². The Labute approximate surface area is 198 Å². The Hall–Kier alpha value is -2.77. The quantitative estimate of drug-likeness (QED) is 0.122. The Morgan fingerprint density at radius 3 is 1.29 bits per heavy atom. The molecule has 0 saturated carbocycles. The van der Waals surface area contributed by atoms with Gasteiger partial charge < -0.3 is 9.84 Å². The maximum absolute atomic E-state index is 13.7. The van der Waals surface area contributed by atoms with Crippen LogP contribution in [0, 0.1) is 0 Å². The fourth-order valence-corrected chi connectivity index (χ4v) is 2.15. The first-order valence-corrected chi connectivity index (χ1v) is 9.01. The van der Waals surface area contributed by atoms with Crippen LogP contribution in [0.25, 0.3) is 0 Å². The normalized spacial score (nSPS) is 16.0. The van der Waals surface area contributed by atoms with Crippen LogP contribution in [0.5, 0.6) is 0 Å². The predicted octanol–water partition coefficient (Wildman–Crippen LogP) is 6.86. The Kier molecular flexibility index (Phi) is 9.35. The van der Waals surface area contributed by atoms with Crippen LogP contribution >= 0.6 is 0 Å². The second kappa shape index (κ2) is 10.1. The molecule has 0 fully saturated rings. The summed E-state index contributed by atoms with van der Waals surface area (Å²) < 4.78 is 227. The molecule has 0 saturated heterocycles. The molecule has 0 aliphatic carbocycles. The lowest BCUT2D eigenvalue weighted by Gasteiger charge is -2.42. The molecule has 0 rings (SSSR count). The minimum Gasteiger partial charge on any atom is -0.478 e. The first-order valence-electron chi connectivity index (χ1n) is 9.01. The van der Waals surface area contributed by atoms with E-state index in [-0.39, 0.29) is 6.08 Å². The van der Waals surface area contributed by atoms with Crippen molar-refractivity contribution >= 4 is 11.9 Å². The molecule has 0 bridgehead atoms. The third-order valence-electron chi connectivity index (χ3n) is 4.45. The SMILES string of the molecule is CC=C(C=C(CC)C(=O)O)C(=O)OC(F)(F)C(F)(F)C(F)(F)C(F)(F)C(F)(F)C(F)(F)C(F)(F)C(F)(F)F. The largest absolute Gasteiger partial charge is 0.478 e. The molecule has 1 N–H and O–H groups in total. The second-order valence-electron chi connectivity index (χ2n) is 6.92. The maximum Gasteiger partial charge on any atom is 0.473 e. The van der Waals surface area contributed by atoms with Gasteiger partial charge in [0, 0.05) is 5.57 Å². The summed E-state index contributed by atoms with van der Waals surface area (Å²) >= 11 is 0. The molecule has 0 spiro atoms. The molecule has 0 aromatic carbocycles. The lowest BCUT2D eigenvalue weighted by Crippen LogP contribution is -2.74. The first kappa shape index (κ1) is 35.2. The highest BCUT2D eigenvalue weighted by Gasteiger charge is 2.95. The molecule has 0 amide bonds. The van der Waals surface area contributed by atoms with Crippen LogP contribution in [0.2, 0.25) is 0 Å². The maximum atomic E-state index is 13.7. The molecule has 222 valence electrons. The smallest absolute Gasteiger partial charge is 0.473 e. The van der Waals surface area contributed by atoms with E-state index in [1.807, 2.05) is 0 Å². The minimum absolute atomic E-state index is 0.111. The van der Waals surface area contributed by atoms with Crippen LogP contribution in [0.15, 0.2) is 23.3 Å². The highest BCUT2D eigenvalue weighted by Crippen LogP contribution is 2.64. The highest BCUT2D eigenvalue weighted by atomic mass is 19.4. The number of carbonyl (C=O) groups excluding carboxylic acids is 1. The lowest BCUT2D eigenvalue weighted by atomic mass is 9.90. The van der Waals surface area contributed by atoms with Gasteiger partial charge in [-0.05, 0) is 19.4 Å². The van der Waals surface area contributed by atoms with Crippen molar-refractivity contribution in [3.63, 3.8) is 0 Å². The van der Waals surface area contributed by atoms with E-state index in [1.54, 1.807) is 0 Å². The zero-order valence-corrected chi connectivity index (χ0v) is 18.0. The monoisotopic (exact) mass is 602 g/mol. The zero-order chi connectivity index (χ0) is 31.1. The number of rotatable bonds is 11. The summed E-state index contributed by atoms with van der Waals surface area (Å²) in [5, 5.41) is 8.75. The van der Waals surface area contributed by atoms with Crippen molar-refractivity contribution < 1.29 is 94.1 Å². The van der Waals surface area contributed by atoms with Crippen molar-refractivity contribution in [1.29, 1.82) is 0 Å². The molecule has 0 aliphatic rings. The van der Waals surface area contributed by atoms with Gasteiger partial charge in [-0.3, -0.25) is 0 Å². The number of esters is 1. The summed E-state index contributed by atoms with van der Waals surface area (Å²) in [5.41, 5.74) is -2.34. The summed E-state index contributed by atoms with van der Waals surface area (Å²) in [6.45, 7) is 1.74. The summed E-state index contributed by atoms with van der Waals surface area (Å²) in [6, 6.07) is 0. The van der Waals surface area contributed by atoms with Gasteiger partial charge in [0.25, 0.3) is 0 Å².